The van der Waals surface area contributed by atoms with Gasteiger partial charge in [0, 0.05) is 11.9 Å². The van der Waals surface area contributed by atoms with Crippen LogP contribution in [0.5, 0.6) is 5.75 Å². The highest BCUT2D eigenvalue weighted by atomic mass is 16.5. The lowest BCUT2D eigenvalue weighted by Gasteiger charge is -2.10. The lowest BCUT2D eigenvalue weighted by Crippen LogP contribution is -2.30. The SMILES string of the molecule is NC(=O)CCCOc1cccc2c1B(O)OC2. The molecule has 0 atom stereocenters. The third kappa shape index (κ3) is 2.78. The fourth-order valence-corrected chi connectivity index (χ4v) is 1.80. The fourth-order valence-electron chi connectivity index (χ4n) is 1.80. The first kappa shape index (κ1) is 11.9. The molecule has 2 rings (SSSR count). The van der Waals surface area contributed by atoms with Crippen molar-refractivity contribution in [3.05, 3.63) is 23.8 Å². The number of fused-ring (bicyclic) bond motifs is 1. The number of carbonyl (C=O) groups excluding carboxylic acids is 1. The molecule has 0 unspecified atom stereocenters. The summed E-state index contributed by atoms with van der Waals surface area (Å²) >= 11 is 0. The highest BCUT2D eigenvalue weighted by Crippen LogP contribution is 2.18. The van der Waals surface area contributed by atoms with Crippen molar-refractivity contribution in [3.63, 3.8) is 0 Å². The van der Waals surface area contributed by atoms with E-state index < -0.39 is 7.12 Å². The molecular weight excluding hydrogens is 221 g/mol. The molecule has 1 aromatic carbocycles. The van der Waals surface area contributed by atoms with E-state index in [1.165, 1.54) is 0 Å². The van der Waals surface area contributed by atoms with Gasteiger partial charge in [-0.25, -0.2) is 0 Å². The molecule has 0 aromatic heterocycles. The lowest BCUT2D eigenvalue weighted by atomic mass is 9.79. The molecule has 1 aliphatic heterocycles. The summed E-state index contributed by atoms with van der Waals surface area (Å²) in [6.07, 6.45) is 0.865. The Morgan fingerprint density at radius 1 is 1.59 bits per heavy atom. The summed E-state index contributed by atoms with van der Waals surface area (Å²) < 4.78 is 10.6. The Morgan fingerprint density at radius 2 is 2.41 bits per heavy atom. The number of ether oxygens (including phenoxy) is 1. The zero-order chi connectivity index (χ0) is 12.3. The summed E-state index contributed by atoms with van der Waals surface area (Å²) in [6.45, 7) is 0.793. The van der Waals surface area contributed by atoms with E-state index in [0.717, 1.165) is 5.56 Å². The quantitative estimate of drug-likeness (QED) is 0.534. The Bertz CT molecular complexity index is 424. The van der Waals surface area contributed by atoms with Gasteiger partial charge in [0.2, 0.25) is 5.91 Å². The summed E-state index contributed by atoms with van der Waals surface area (Å²) in [4.78, 5) is 10.6. The van der Waals surface area contributed by atoms with Gasteiger partial charge in [-0.15, -0.1) is 0 Å². The first-order chi connectivity index (χ1) is 8.18. The number of amides is 1. The van der Waals surface area contributed by atoms with Crippen LogP contribution in [0.3, 0.4) is 0 Å². The van der Waals surface area contributed by atoms with Crippen LogP contribution < -0.4 is 15.9 Å². The normalized spacial score (nSPS) is 13.6. The summed E-state index contributed by atoms with van der Waals surface area (Å²) in [5.74, 6) is 0.271. The van der Waals surface area contributed by atoms with Crippen molar-refractivity contribution in [2.45, 2.75) is 19.4 Å². The Balaban J connectivity index is 1.97. The third-order valence-corrected chi connectivity index (χ3v) is 2.63. The number of primary amides is 1. The molecule has 6 heteroatoms. The van der Waals surface area contributed by atoms with E-state index in [4.69, 9.17) is 15.1 Å². The van der Waals surface area contributed by atoms with Crippen molar-refractivity contribution in [3.8, 4) is 5.75 Å². The Morgan fingerprint density at radius 3 is 3.18 bits per heavy atom. The van der Waals surface area contributed by atoms with E-state index in [-0.39, 0.29) is 5.91 Å². The van der Waals surface area contributed by atoms with E-state index in [0.29, 0.717) is 37.3 Å². The average molecular weight is 235 g/mol. The van der Waals surface area contributed by atoms with Crippen LogP contribution in [0.15, 0.2) is 18.2 Å². The van der Waals surface area contributed by atoms with Crippen molar-refractivity contribution < 1.29 is 19.2 Å². The van der Waals surface area contributed by atoms with Gasteiger partial charge in [0.05, 0.1) is 13.2 Å². The molecule has 0 radical (unpaired) electrons. The monoisotopic (exact) mass is 235 g/mol. The molecule has 1 heterocycles. The molecule has 0 saturated carbocycles. The van der Waals surface area contributed by atoms with E-state index in [1.807, 2.05) is 12.1 Å². The second-order valence-corrected chi connectivity index (χ2v) is 3.91. The van der Waals surface area contributed by atoms with Gasteiger partial charge in [-0.05, 0) is 18.1 Å². The predicted molar refractivity (Wildman–Crippen MR) is 62.8 cm³/mol. The standard InChI is InChI=1S/C11H14BNO4/c13-10(14)5-2-6-16-9-4-1-3-8-7-17-12(15)11(8)9/h1,3-4,15H,2,5-7H2,(H2,13,14). The molecule has 1 aliphatic rings. The van der Waals surface area contributed by atoms with Crippen molar-refractivity contribution in [1.82, 2.24) is 0 Å². The molecule has 3 N–H and O–H groups in total. The Labute approximate surface area is 99.7 Å². The minimum atomic E-state index is -0.919. The maximum atomic E-state index is 10.6. The highest BCUT2D eigenvalue weighted by Gasteiger charge is 2.30. The second-order valence-electron chi connectivity index (χ2n) is 3.91. The molecule has 0 saturated heterocycles. The van der Waals surface area contributed by atoms with Crippen LogP contribution in [0.2, 0.25) is 0 Å². The predicted octanol–water partition coefficient (Wildman–Crippen LogP) is -0.451. The van der Waals surface area contributed by atoms with Crippen LogP contribution in [0, 0.1) is 0 Å². The number of benzene rings is 1. The minimum absolute atomic E-state index is 0.300. The smallest absolute Gasteiger partial charge is 0.494 e. The highest BCUT2D eigenvalue weighted by molar-refractivity contribution is 6.62. The van der Waals surface area contributed by atoms with Gasteiger partial charge < -0.3 is 20.1 Å². The van der Waals surface area contributed by atoms with Gasteiger partial charge in [0.25, 0.3) is 0 Å². The zero-order valence-electron chi connectivity index (χ0n) is 9.39. The molecule has 1 amide bonds. The van der Waals surface area contributed by atoms with Gasteiger partial charge in [0.15, 0.2) is 0 Å². The molecule has 0 spiro atoms. The topological polar surface area (TPSA) is 81.8 Å². The second kappa shape index (κ2) is 5.20. The lowest BCUT2D eigenvalue weighted by molar-refractivity contribution is -0.118. The summed E-state index contributed by atoms with van der Waals surface area (Å²) in [7, 11) is -0.919. The van der Waals surface area contributed by atoms with Crippen LogP contribution in [0.25, 0.3) is 0 Å². The van der Waals surface area contributed by atoms with Gasteiger partial charge >= 0.3 is 7.12 Å². The minimum Gasteiger partial charge on any atom is -0.494 e. The summed E-state index contributed by atoms with van der Waals surface area (Å²) in [5.41, 5.74) is 6.65. The largest absolute Gasteiger partial charge is 0.495 e. The molecule has 0 aliphatic carbocycles. The average Bonchev–Trinajstić information content (AvgIpc) is 2.67. The molecule has 5 nitrogen and oxygen atoms in total. The van der Waals surface area contributed by atoms with Gasteiger partial charge in [-0.2, -0.15) is 0 Å². The van der Waals surface area contributed by atoms with Gasteiger partial charge in [-0.3, -0.25) is 4.79 Å². The Kier molecular flexibility index (Phi) is 3.66. The van der Waals surface area contributed by atoms with Crippen LogP contribution in [0.1, 0.15) is 18.4 Å². The summed E-state index contributed by atoms with van der Waals surface area (Å²) in [6, 6.07) is 5.52. The maximum absolute atomic E-state index is 10.6. The summed E-state index contributed by atoms with van der Waals surface area (Å²) in [5, 5.41) is 9.63. The molecule has 0 fully saturated rings. The number of carbonyl (C=O) groups is 1. The number of nitrogens with two attached hydrogens (primary N) is 1. The van der Waals surface area contributed by atoms with Crippen LogP contribution in [-0.4, -0.2) is 24.7 Å². The molecule has 0 bridgehead atoms. The van der Waals surface area contributed by atoms with Crippen molar-refractivity contribution in [2.24, 2.45) is 5.73 Å². The molecular formula is C11H14BNO4. The van der Waals surface area contributed by atoms with Crippen molar-refractivity contribution in [2.75, 3.05) is 6.61 Å². The number of rotatable bonds is 5. The van der Waals surface area contributed by atoms with Crippen LogP contribution in [-0.2, 0) is 16.1 Å². The fraction of sp³-hybridized carbons (Fsp3) is 0.364. The van der Waals surface area contributed by atoms with E-state index in [2.05, 4.69) is 0 Å². The van der Waals surface area contributed by atoms with Gasteiger partial charge in [-0.1, -0.05) is 12.1 Å². The third-order valence-electron chi connectivity index (χ3n) is 2.63. The van der Waals surface area contributed by atoms with Crippen molar-refractivity contribution >= 4 is 18.5 Å². The molecule has 17 heavy (non-hydrogen) atoms. The number of hydrogen-bond acceptors (Lipinski definition) is 4. The van der Waals surface area contributed by atoms with E-state index in [1.54, 1.807) is 6.07 Å². The van der Waals surface area contributed by atoms with E-state index in [9.17, 15) is 9.82 Å². The molecule has 1 aromatic rings. The maximum Gasteiger partial charge on any atom is 0.495 e. The molecule has 90 valence electrons. The Hall–Kier alpha value is -1.53. The number of hydrogen-bond donors (Lipinski definition) is 2. The van der Waals surface area contributed by atoms with Crippen molar-refractivity contribution in [1.29, 1.82) is 0 Å². The van der Waals surface area contributed by atoms with E-state index >= 15 is 0 Å². The van der Waals surface area contributed by atoms with Gasteiger partial charge in [0.1, 0.15) is 5.75 Å². The van der Waals surface area contributed by atoms with Crippen LogP contribution in [0.4, 0.5) is 0 Å². The first-order valence-electron chi connectivity index (χ1n) is 5.51. The zero-order valence-corrected chi connectivity index (χ0v) is 9.39. The first-order valence-corrected chi connectivity index (χ1v) is 5.51. The van der Waals surface area contributed by atoms with Crippen LogP contribution >= 0.6 is 0 Å².